The van der Waals surface area contributed by atoms with E-state index in [0.717, 1.165) is 10.8 Å². The summed E-state index contributed by atoms with van der Waals surface area (Å²) in [6, 6.07) is 21.8. The maximum atomic E-state index is 14.0. The van der Waals surface area contributed by atoms with Crippen LogP contribution in [0.15, 0.2) is 90.0 Å². The van der Waals surface area contributed by atoms with Gasteiger partial charge in [-0.1, -0.05) is 48.5 Å². The van der Waals surface area contributed by atoms with Gasteiger partial charge in [0.25, 0.3) is 11.5 Å². The van der Waals surface area contributed by atoms with Crippen molar-refractivity contribution in [3.63, 3.8) is 0 Å². The molecule has 9 nitrogen and oxygen atoms in total. The zero-order chi connectivity index (χ0) is 24.8. The summed E-state index contributed by atoms with van der Waals surface area (Å²) in [7, 11) is 0. The molecule has 0 saturated heterocycles. The molecule has 0 aliphatic rings. The van der Waals surface area contributed by atoms with Crippen LogP contribution in [0.3, 0.4) is 0 Å². The summed E-state index contributed by atoms with van der Waals surface area (Å²) < 4.78 is 3.01. The number of carbonyl (C=O) groups is 1. The molecule has 1 atom stereocenters. The molecular weight excluding hydrogens is 454 g/mol. The van der Waals surface area contributed by atoms with Crippen LogP contribution >= 0.6 is 0 Å². The molecule has 0 bridgehead atoms. The molecule has 0 radical (unpaired) electrons. The average Bonchev–Trinajstić information content (AvgIpc) is 3.24. The summed E-state index contributed by atoms with van der Waals surface area (Å²) in [4.78, 5) is 36.4. The van der Waals surface area contributed by atoms with E-state index in [1.54, 1.807) is 30.0 Å². The predicted octanol–water partition coefficient (Wildman–Crippen LogP) is 3.65. The van der Waals surface area contributed by atoms with Crippen LogP contribution in [-0.4, -0.2) is 30.1 Å². The molecule has 0 fully saturated rings. The van der Waals surface area contributed by atoms with Crippen LogP contribution < -0.4 is 16.6 Å². The molecule has 6 aromatic rings. The zero-order valence-corrected chi connectivity index (χ0v) is 19.3. The van der Waals surface area contributed by atoms with Crippen LogP contribution in [0.25, 0.3) is 33.0 Å². The summed E-state index contributed by atoms with van der Waals surface area (Å²) in [5, 5.41) is 9.40. The van der Waals surface area contributed by atoms with Crippen LogP contribution in [0.4, 0.5) is 5.82 Å². The number of nitrogens with zero attached hydrogens (tertiary/aromatic N) is 5. The number of benzene rings is 3. The van der Waals surface area contributed by atoms with Crippen LogP contribution in [-0.2, 0) is 0 Å². The quantitative estimate of drug-likeness (QED) is 0.376. The predicted molar refractivity (Wildman–Crippen MR) is 138 cm³/mol. The average molecular weight is 476 g/mol. The molecule has 0 unspecified atom stereocenters. The molecule has 1 amide bonds. The second-order valence-electron chi connectivity index (χ2n) is 8.47. The molecule has 0 saturated carbocycles. The number of nitrogen functional groups attached to an aromatic ring is 1. The molecule has 36 heavy (non-hydrogen) atoms. The second-order valence-corrected chi connectivity index (χ2v) is 8.47. The van der Waals surface area contributed by atoms with Gasteiger partial charge in [-0.15, -0.1) is 5.10 Å². The lowest BCUT2D eigenvalue weighted by Gasteiger charge is -2.20. The lowest BCUT2D eigenvalue weighted by atomic mass is 10.1. The number of anilines is 1. The van der Waals surface area contributed by atoms with Gasteiger partial charge >= 0.3 is 0 Å². The molecule has 3 aromatic heterocycles. The first-order valence-electron chi connectivity index (χ1n) is 11.4. The Balaban J connectivity index is 1.52. The third kappa shape index (κ3) is 3.37. The van der Waals surface area contributed by atoms with Crippen LogP contribution in [0.1, 0.15) is 29.1 Å². The smallest absolute Gasteiger partial charge is 0.266 e. The Morgan fingerprint density at radius 2 is 1.78 bits per heavy atom. The van der Waals surface area contributed by atoms with Crippen molar-refractivity contribution in [2.24, 2.45) is 0 Å². The van der Waals surface area contributed by atoms with Gasteiger partial charge in [0, 0.05) is 12.4 Å². The van der Waals surface area contributed by atoms with Gasteiger partial charge in [0.2, 0.25) is 0 Å². The molecule has 3 aromatic carbocycles. The summed E-state index contributed by atoms with van der Waals surface area (Å²) in [6.45, 7) is 1.78. The largest absolute Gasteiger partial charge is 0.381 e. The van der Waals surface area contributed by atoms with E-state index in [9.17, 15) is 9.59 Å². The maximum Gasteiger partial charge on any atom is 0.266 e. The number of hydrogen-bond acceptors (Lipinski definition) is 6. The van der Waals surface area contributed by atoms with Gasteiger partial charge in [0.15, 0.2) is 11.5 Å². The number of amides is 1. The van der Waals surface area contributed by atoms with E-state index >= 15 is 0 Å². The number of aromatic nitrogens is 5. The Morgan fingerprint density at radius 1 is 1.00 bits per heavy atom. The van der Waals surface area contributed by atoms with Crippen molar-refractivity contribution in [2.45, 2.75) is 13.0 Å². The number of carbonyl (C=O) groups excluding carboxylic acids is 1. The van der Waals surface area contributed by atoms with Crippen molar-refractivity contribution in [1.82, 2.24) is 29.5 Å². The monoisotopic (exact) mass is 475 g/mol. The van der Waals surface area contributed by atoms with Crippen LogP contribution in [0.2, 0.25) is 0 Å². The van der Waals surface area contributed by atoms with E-state index in [1.807, 2.05) is 66.7 Å². The minimum Gasteiger partial charge on any atom is -0.381 e. The third-order valence-corrected chi connectivity index (χ3v) is 6.19. The molecular formula is C27H21N7O2. The van der Waals surface area contributed by atoms with E-state index in [4.69, 9.17) is 10.7 Å². The highest BCUT2D eigenvalue weighted by Crippen LogP contribution is 2.25. The van der Waals surface area contributed by atoms with Gasteiger partial charge in [-0.3, -0.25) is 14.2 Å². The number of hydrogen-bond donors (Lipinski definition) is 2. The Bertz CT molecular complexity index is 1840. The van der Waals surface area contributed by atoms with E-state index in [1.165, 1.54) is 4.52 Å². The van der Waals surface area contributed by atoms with Gasteiger partial charge < -0.3 is 11.1 Å². The van der Waals surface area contributed by atoms with E-state index in [-0.39, 0.29) is 16.9 Å². The SMILES string of the molecule is C[C@@H](NC(=O)c1c(N)nn2cccnc12)c1nc2ccc3ccccc3c2c(=O)n1-c1ccccc1. The van der Waals surface area contributed by atoms with Crippen molar-refractivity contribution in [3.05, 3.63) is 107 Å². The summed E-state index contributed by atoms with van der Waals surface area (Å²) in [5.41, 5.74) is 7.55. The van der Waals surface area contributed by atoms with E-state index in [0.29, 0.717) is 28.1 Å². The normalized spacial score (nSPS) is 12.2. The van der Waals surface area contributed by atoms with Crippen molar-refractivity contribution < 1.29 is 4.79 Å². The van der Waals surface area contributed by atoms with Gasteiger partial charge in [-0.2, -0.15) is 0 Å². The lowest BCUT2D eigenvalue weighted by Crippen LogP contribution is -2.33. The maximum absolute atomic E-state index is 14.0. The molecule has 3 N–H and O–H groups in total. The van der Waals surface area contributed by atoms with Crippen LogP contribution in [0, 0.1) is 0 Å². The van der Waals surface area contributed by atoms with Crippen molar-refractivity contribution >= 4 is 39.0 Å². The molecule has 0 aliphatic carbocycles. The topological polar surface area (TPSA) is 120 Å². The van der Waals surface area contributed by atoms with Crippen molar-refractivity contribution in [3.8, 4) is 5.69 Å². The highest BCUT2D eigenvalue weighted by atomic mass is 16.2. The Labute approximate surface area is 204 Å². The minimum absolute atomic E-state index is 0.0665. The first-order valence-corrected chi connectivity index (χ1v) is 11.4. The number of nitrogens with two attached hydrogens (primary N) is 1. The van der Waals surface area contributed by atoms with Crippen molar-refractivity contribution in [2.75, 3.05) is 5.73 Å². The highest BCUT2D eigenvalue weighted by molar-refractivity contribution is 6.06. The van der Waals surface area contributed by atoms with Gasteiger partial charge in [-0.05, 0) is 42.0 Å². The van der Waals surface area contributed by atoms with Gasteiger partial charge in [0.1, 0.15) is 11.4 Å². The fraction of sp³-hybridized carbons (Fsp3) is 0.0741. The van der Waals surface area contributed by atoms with Crippen LogP contribution in [0.5, 0.6) is 0 Å². The van der Waals surface area contributed by atoms with Gasteiger partial charge in [-0.25, -0.2) is 14.5 Å². The number of fused-ring (bicyclic) bond motifs is 4. The van der Waals surface area contributed by atoms with Crippen molar-refractivity contribution in [1.29, 1.82) is 0 Å². The first kappa shape index (κ1) is 21.5. The highest BCUT2D eigenvalue weighted by Gasteiger charge is 2.24. The summed E-state index contributed by atoms with van der Waals surface area (Å²) >= 11 is 0. The second kappa shape index (κ2) is 8.31. The first-order chi connectivity index (χ1) is 17.5. The Morgan fingerprint density at radius 3 is 2.61 bits per heavy atom. The molecule has 0 aliphatic heterocycles. The summed E-state index contributed by atoms with van der Waals surface area (Å²) in [6.07, 6.45) is 3.24. The molecule has 0 spiro atoms. The molecule has 176 valence electrons. The fourth-order valence-corrected chi connectivity index (χ4v) is 4.54. The van der Waals surface area contributed by atoms with Gasteiger partial charge in [0.05, 0.1) is 22.6 Å². The number of nitrogens with one attached hydrogen (secondary N) is 1. The van der Waals surface area contributed by atoms with E-state index < -0.39 is 11.9 Å². The standard InChI is InChI=1S/C27H21N7O2/c1-16(30-26(35)22-23(28)32-33-15-7-14-29-25(22)33)24-31-20-13-12-17-8-5-6-11-19(17)21(20)27(36)34(24)18-9-3-2-4-10-18/h2-16H,1H3,(H2,28,32)(H,30,35)/t16-/m1/s1. The lowest BCUT2D eigenvalue weighted by molar-refractivity contribution is 0.0940. The Hall–Kier alpha value is -5.05. The summed E-state index contributed by atoms with van der Waals surface area (Å²) in [5.74, 6) is 0.00305. The molecule has 9 heteroatoms. The molecule has 6 rings (SSSR count). The number of rotatable bonds is 4. The third-order valence-electron chi connectivity index (χ3n) is 6.19. The fourth-order valence-electron chi connectivity index (χ4n) is 4.54. The van der Waals surface area contributed by atoms with E-state index in [2.05, 4.69) is 15.4 Å². The Kier molecular flexibility index (Phi) is 4.96. The minimum atomic E-state index is -0.640. The number of para-hydroxylation sites is 1. The zero-order valence-electron chi connectivity index (χ0n) is 19.3. The molecule has 3 heterocycles.